The van der Waals surface area contributed by atoms with Crippen LogP contribution in [0, 0.1) is 0 Å². The zero-order chi connectivity index (χ0) is 19.4. The van der Waals surface area contributed by atoms with E-state index in [2.05, 4.69) is 17.4 Å². The Balaban J connectivity index is 1.49. The monoisotopic (exact) mass is 373 g/mol. The normalized spacial score (nSPS) is 18.1. The molecule has 148 valence electrons. The van der Waals surface area contributed by atoms with Crippen molar-refractivity contribution in [2.45, 2.75) is 70.7 Å². The molecule has 0 bridgehead atoms. The summed E-state index contributed by atoms with van der Waals surface area (Å²) in [6, 6.07) is 10.6. The minimum absolute atomic E-state index is 0.0112. The van der Waals surface area contributed by atoms with Crippen molar-refractivity contribution in [3.05, 3.63) is 35.9 Å². The maximum atomic E-state index is 12.8. The maximum absolute atomic E-state index is 12.8. The van der Waals surface area contributed by atoms with Crippen molar-refractivity contribution in [3.63, 3.8) is 0 Å². The number of piperidine rings is 1. The third-order valence-electron chi connectivity index (χ3n) is 4.92. The Bertz CT molecular complexity index is 644. The van der Waals surface area contributed by atoms with E-state index in [0.717, 1.165) is 31.2 Å². The highest BCUT2D eigenvalue weighted by Crippen LogP contribution is 2.28. The molecule has 3 rings (SSSR count). The number of likely N-dealkylation sites (tertiary alicyclic amines) is 1. The SMILES string of the molecule is CC(C)(C)OC(=O)N1CCC(NC(=O)N(Cc2ccccc2)C2CC2)CC1. The molecule has 1 saturated carbocycles. The molecule has 1 aliphatic heterocycles. The topological polar surface area (TPSA) is 61.9 Å². The van der Waals surface area contributed by atoms with E-state index in [1.165, 1.54) is 0 Å². The van der Waals surface area contributed by atoms with Gasteiger partial charge < -0.3 is 19.9 Å². The summed E-state index contributed by atoms with van der Waals surface area (Å²) in [4.78, 5) is 28.7. The van der Waals surface area contributed by atoms with E-state index in [9.17, 15) is 9.59 Å². The lowest BCUT2D eigenvalue weighted by Gasteiger charge is -2.34. The van der Waals surface area contributed by atoms with E-state index in [4.69, 9.17) is 4.74 Å². The zero-order valence-electron chi connectivity index (χ0n) is 16.6. The fraction of sp³-hybridized carbons (Fsp3) is 0.619. The molecule has 0 aromatic heterocycles. The van der Waals surface area contributed by atoms with Crippen LogP contribution in [0.3, 0.4) is 0 Å². The van der Waals surface area contributed by atoms with Crippen LogP contribution in [0.25, 0.3) is 0 Å². The molecule has 0 atom stereocenters. The molecule has 3 amide bonds. The second kappa shape index (κ2) is 8.19. The van der Waals surface area contributed by atoms with E-state index in [1.54, 1.807) is 4.90 Å². The van der Waals surface area contributed by atoms with Crippen LogP contribution in [0.15, 0.2) is 30.3 Å². The molecule has 0 unspecified atom stereocenters. The van der Waals surface area contributed by atoms with Crippen LogP contribution in [0.4, 0.5) is 9.59 Å². The predicted molar refractivity (Wildman–Crippen MR) is 104 cm³/mol. The van der Waals surface area contributed by atoms with E-state index >= 15 is 0 Å². The summed E-state index contributed by atoms with van der Waals surface area (Å²) in [5.74, 6) is 0. The lowest BCUT2D eigenvalue weighted by atomic mass is 10.1. The first-order chi connectivity index (χ1) is 12.8. The smallest absolute Gasteiger partial charge is 0.410 e. The Kier molecular flexibility index (Phi) is 5.92. The average Bonchev–Trinajstić information content (AvgIpc) is 3.44. The van der Waals surface area contributed by atoms with Crippen molar-refractivity contribution >= 4 is 12.1 Å². The first-order valence-corrected chi connectivity index (χ1v) is 9.91. The number of carbonyl (C=O) groups excluding carboxylic acids is 2. The first-order valence-electron chi connectivity index (χ1n) is 9.91. The number of ether oxygens (including phenoxy) is 1. The number of rotatable bonds is 4. The van der Waals surface area contributed by atoms with Crippen molar-refractivity contribution in [2.24, 2.45) is 0 Å². The number of nitrogens with one attached hydrogen (secondary N) is 1. The van der Waals surface area contributed by atoms with Crippen LogP contribution >= 0.6 is 0 Å². The predicted octanol–water partition coefficient (Wildman–Crippen LogP) is 3.76. The van der Waals surface area contributed by atoms with Crippen LogP contribution in [0.2, 0.25) is 0 Å². The molecule has 1 aliphatic carbocycles. The van der Waals surface area contributed by atoms with Gasteiger partial charge >= 0.3 is 12.1 Å². The molecule has 1 heterocycles. The fourth-order valence-electron chi connectivity index (χ4n) is 3.32. The average molecular weight is 373 g/mol. The van der Waals surface area contributed by atoms with E-state index in [1.807, 2.05) is 43.9 Å². The largest absolute Gasteiger partial charge is 0.444 e. The Labute approximate surface area is 161 Å². The van der Waals surface area contributed by atoms with Crippen molar-refractivity contribution in [1.82, 2.24) is 15.1 Å². The highest BCUT2D eigenvalue weighted by molar-refractivity contribution is 5.75. The van der Waals surface area contributed by atoms with Gasteiger partial charge in [0, 0.05) is 31.7 Å². The lowest BCUT2D eigenvalue weighted by molar-refractivity contribution is 0.0200. The molecule has 0 radical (unpaired) electrons. The van der Waals surface area contributed by atoms with Crippen LogP contribution in [-0.2, 0) is 11.3 Å². The third kappa shape index (κ3) is 5.88. The van der Waals surface area contributed by atoms with Gasteiger partial charge in [-0.05, 0) is 52.0 Å². The molecular formula is C21H31N3O3. The third-order valence-corrected chi connectivity index (χ3v) is 4.92. The van der Waals surface area contributed by atoms with Crippen LogP contribution in [0.1, 0.15) is 52.0 Å². The molecule has 2 fully saturated rings. The molecule has 27 heavy (non-hydrogen) atoms. The van der Waals surface area contributed by atoms with Crippen molar-refractivity contribution in [3.8, 4) is 0 Å². The van der Waals surface area contributed by atoms with Crippen molar-refractivity contribution in [1.29, 1.82) is 0 Å². The number of hydrogen-bond acceptors (Lipinski definition) is 3. The molecule has 0 spiro atoms. The zero-order valence-corrected chi connectivity index (χ0v) is 16.6. The summed E-state index contributed by atoms with van der Waals surface area (Å²) in [5.41, 5.74) is 0.670. The summed E-state index contributed by atoms with van der Waals surface area (Å²) >= 11 is 0. The Morgan fingerprint density at radius 2 is 1.74 bits per heavy atom. The Hall–Kier alpha value is -2.24. The van der Waals surface area contributed by atoms with Crippen molar-refractivity contribution < 1.29 is 14.3 Å². The minimum Gasteiger partial charge on any atom is -0.444 e. The molecule has 6 nitrogen and oxygen atoms in total. The standard InChI is InChI=1S/C21H31N3O3/c1-21(2,3)27-20(26)23-13-11-17(12-14-23)22-19(25)24(18-9-10-18)15-16-7-5-4-6-8-16/h4-8,17-18H,9-15H2,1-3H3,(H,22,25). The van der Waals surface area contributed by atoms with Crippen LogP contribution < -0.4 is 5.32 Å². The van der Waals surface area contributed by atoms with E-state index in [-0.39, 0.29) is 18.2 Å². The van der Waals surface area contributed by atoms with Gasteiger partial charge in [-0.25, -0.2) is 9.59 Å². The summed E-state index contributed by atoms with van der Waals surface area (Å²) in [7, 11) is 0. The highest BCUT2D eigenvalue weighted by atomic mass is 16.6. The number of nitrogens with zero attached hydrogens (tertiary/aromatic N) is 2. The van der Waals surface area contributed by atoms with Gasteiger partial charge in [0.05, 0.1) is 0 Å². The molecule has 2 aliphatic rings. The number of urea groups is 1. The number of hydrogen-bond donors (Lipinski definition) is 1. The summed E-state index contributed by atoms with van der Waals surface area (Å²) in [6.45, 7) is 7.49. The van der Waals surface area contributed by atoms with Crippen LogP contribution in [-0.4, -0.2) is 52.7 Å². The number of carbonyl (C=O) groups is 2. The summed E-state index contributed by atoms with van der Waals surface area (Å²) in [5, 5.41) is 3.18. The lowest BCUT2D eigenvalue weighted by Crippen LogP contribution is -2.51. The molecule has 1 aromatic rings. The van der Waals surface area contributed by atoms with Crippen LogP contribution in [0.5, 0.6) is 0 Å². The molecule has 6 heteroatoms. The molecule has 1 N–H and O–H groups in total. The second-order valence-electron chi connectivity index (χ2n) is 8.54. The van der Waals surface area contributed by atoms with Gasteiger partial charge in [-0.3, -0.25) is 0 Å². The maximum Gasteiger partial charge on any atom is 0.410 e. The first kappa shape index (κ1) is 19.5. The van der Waals surface area contributed by atoms with Gasteiger partial charge in [0.1, 0.15) is 5.60 Å². The Morgan fingerprint density at radius 3 is 2.30 bits per heavy atom. The molecule has 1 saturated heterocycles. The van der Waals surface area contributed by atoms with Gasteiger partial charge in [-0.1, -0.05) is 30.3 Å². The number of amides is 3. The van der Waals surface area contributed by atoms with Gasteiger partial charge in [-0.2, -0.15) is 0 Å². The molecule has 1 aromatic carbocycles. The summed E-state index contributed by atoms with van der Waals surface area (Å²) < 4.78 is 5.43. The van der Waals surface area contributed by atoms with Gasteiger partial charge in [0.15, 0.2) is 0 Å². The summed E-state index contributed by atoms with van der Waals surface area (Å²) in [6.07, 6.45) is 3.41. The van der Waals surface area contributed by atoms with Crippen molar-refractivity contribution in [2.75, 3.05) is 13.1 Å². The van der Waals surface area contributed by atoms with E-state index < -0.39 is 5.60 Å². The Morgan fingerprint density at radius 1 is 1.11 bits per heavy atom. The second-order valence-corrected chi connectivity index (χ2v) is 8.54. The minimum atomic E-state index is -0.482. The number of benzene rings is 1. The van der Waals surface area contributed by atoms with Gasteiger partial charge in [0.2, 0.25) is 0 Å². The molecular weight excluding hydrogens is 342 g/mol. The highest BCUT2D eigenvalue weighted by Gasteiger charge is 2.34. The van der Waals surface area contributed by atoms with E-state index in [0.29, 0.717) is 25.7 Å². The quantitative estimate of drug-likeness (QED) is 0.874. The van der Waals surface area contributed by atoms with Gasteiger partial charge in [-0.15, -0.1) is 0 Å². The van der Waals surface area contributed by atoms with Gasteiger partial charge in [0.25, 0.3) is 0 Å². The fourth-order valence-corrected chi connectivity index (χ4v) is 3.32.